The van der Waals surface area contributed by atoms with E-state index in [-0.39, 0.29) is 10.7 Å². The van der Waals surface area contributed by atoms with Crippen molar-refractivity contribution in [3.05, 3.63) is 45.6 Å². The lowest BCUT2D eigenvalue weighted by Gasteiger charge is -1.95. The molecule has 0 fully saturated rings. The standard InChI is InChI=1S/C10H7N3O3S/c11-9(14)10-12-5-8(17-10)6-1-3-7(4-2-6)13(15)16/h1-5H,(H2,11,14). The lowest BCUT2D eigenvalue weighted by atomic mass is 10.2. The normalized spacial score (nSPS) is 10.1. The number of nitro groups is 1. The molecule has 7 heteroatoms. The van der Waals surface area contributed by atoms with Gasteiger partial charge in [-0.3, -0.25) is 14.9 Å². The van der Waals surface area contributed by atoms with Gasteiger partial charge in [-0.2, -0.15) is 0 Å². The predicted octanol–water partition coefficient (Wildman–Crippen LogP) is 1.82. The summed E-state index contributed by atoms with van der Waals surface area (Å²) in [4.78, 5) is 25.5. The number of hydrogen-bond donors (Lipinski definition) is 1. The zero-order chi connectivity index (χ0) is 12.4. The topological polar surface area (TPSA) is 99.1 Å². The highest BCUT2D eigenvalue weighted by molar-refractivity contribution is 7.16. The van der Waals surface area contributed by atoms with Gasteiger partial charge in [0.25, 0.3) is 11.6 Å². The number of hydrogen-bond acceptors (Lipinski definition) is 5. The summed E-state index contributed by atoms with van der Waals surface area (Å²) in [7, 11) is 0. The molecule has 2 rings (SSSR count). The molecule has 17 heavy (non-hydrogen) atoms. The molecule has 2 N–H and O–H groups in total. The third-order valence-electron chi connectivity index (χ3n) is 2.08. The van der Waals surface area contributed by atoms with Gasteiger partial charge in [0.1, 0.15) is 0 Å². The van der Waals surface area contributed by atoms with Gasteiger partial charge in [0.2, 0.25) is 0 Å². The molecule has 86 valence electrons. The Bertz CT molecular complexity index is 577. The van der Waals surface area contributed by atoms with Crippen LogP contribution in [-0.2, 0) is 0 Å². The van der Waals surface area contributed by atoms with E-state index in [2.05, 4.69) is 4.98 Å². The molecule has 2 aromatic rings. The van der Waals surface area contributed by atoms with Crippen LogP contribution in [-0.4, -0.2) is 15.8 Å². The van der Waals surface area contributed by atoms with Crippen LogP contribution >= 0.6 is 11.3 Å². The average Bonchev–Trinajstić information content (AvgIpc) is 2.78. The minimum absolute atomic E-state index is 0.0217. The molecule has 6 nitrogen and oxygen atoms in total. The summed E-state index contributed by atoms with van der Waals surface area (Å²) in [6.07, 6.45) is 1.52. The second kappa shape index (κ2) is 4.30. The number of rotatable bonds is 3. The molecule has 0 aliphatic carbocycles. The quantitative estimate of drug-likeness (QED) is 0.662. The molecule has 0 atom stereocenters. The molecule has 1 aromatic carbocycles. The highest BCUT2D eigenvalue weighted by atomic mass is 32.1. The summed E-state index contributed by atoms with van der Waals surface area (Å²) in [6.45, 7) is 0. The van der Waals surface area contributed by atoms with Crippen molar-refractivity contribution in [2.45, 2.75) is 0 Å². The van der Waals surface area contributed by atoms with Crippen LogP contribution < -0.4 is 5.73 Å². The Balaban J connectivity index is 2.33. The van der Waals surface area contributed by atoms with Gasteiger partial charge in [0.05, 0.1) is 9.80 Å². The van der Waals surface area contributed by atoms with Crippen molar-refractivity contribution in [2.75, 3.05) is 0 Å². The second-order valence-electron chi connectivity index (χ2n) is 3.20. The van der Waals surface area contributed by atoms with Gasteiger partial charge in [-0.1, -0.05) is 0 Å². The molecule has 0 saturated heterocycles. The first-order chi connectivity index (χ1) is 8.08. The van der Waals surface area contributed by atoms with Crippen LogP contribution in [0.1, 0.15) is 9.80 Å². The van der Waals surface area contributed by atoms with E-state index in [1.165, 1.54) is 18.3 Å². The van der Waals surface area contributed by atoms with Crippen molar-refractivity contribution in [1.82, 2.24) is 4.98 Å². The van der Waals surface area contributed by atoms with Crippen LogP contribution in [0.3, 0.4) is 0 Å². The van der Waals surface area contributed by atoms with Crippen molar-refractivity contribution < 1.29 is 9.72 Å². The van der Waals surface area contributed by atoms with Gasteiger partial charge in [0, 0.05) is 18.3 Å². The van der Waals surface area contributed by atoms with E-state index in [9.17, 15) is 14.9 Å². The molecule has 1 aromatic heterocycles. The number of carbonyl (C=O) groups excluding carboxylic acids is 1. The molecule has 0 bridgehead atoms. The van der Waals surface area contributed by atoms with Gasteiger partial charge in [-0.15, -0.1) is 11.3 Å². The Kier molecular flexibility index (Phi) is 2.84. The third-order valence-corrected chi connectivity index (χ3v) is 3.14. The Labute approximate surface area is 99.9 Å². The molecule has 1 heterocycles. The van der Waals surface area contributed by atoms with Gasteiger partial charge < -0.3 is 5.73 Å². The summed E-state index contributed by atoms with van der Waals surface area (Å²) in [5.74, 6) is -0.580. The van der Waals surface area contributed by atoms with Crippen LogP contribution in [0, 0.1) is 10.1 Å². The molecule has 0 aliphatic heterocycles. The Morgan fingerprint density at radius 1 is 1.35 bits per heavy atom. The maximum absolute atomic E-state index is 10.9. The number of nitro benzene ring substituents is 1. The van der Waals surface area contributed by atoms with Crippen molar-refractivity contribution in [3.8, 4) is 10.4 Å². The van der Waals surface area contributed by atoms with Crippen molar-refractivity contribution >= 4 is 22.9 Å². The number of primary amides is 1. The van der Waals surface area contributed by atoms with Gasteiger partial charge in [-0.05, 0) is 17.7 Å². The zero-order valence-corrected chi connectivity index (χ0v) is 9.31. The molecule has 0 saturated carbocycles. The fourth-order valence-electron chi connectivity index (χ4n) is 1.27. The van der Waals surface area contributed by atoms with E-state index in [1.807, 2.05) is 0 Å². The minimum Gasteiger partial charge on any atom is -0.364 e. The predicted molar refractivity (Wildman–Crippen MR) is 62.7 cm³/mol. The lowest BCUT2D eigenvalue weighted by molar-refractivity contribution is -0.384. The smallest absolute Gasteiger partial charge is 0.277 e. The van der Waals surface area contributed by atoms with E-state index < -0.39 is 10.8 Å². The average molecular weight is 249 g/mol. The molecule has 0 aliphatic rings. The number of amides is 1. The van der Waals surface area contributed by atoms with Crippen LogP contribution in [0.25, 0.3) is 10.4 Å². The van der Waals surface area contributed by atoms with Crippen molar-refractivity contribution in [2.24, 2.45) is 5.73 Å². The third kappa shape index (κ3) is 2.28. The molecule has 1 amide bonds. The Morgan fingerprint density at radius 3 is 2.47 bits per heavy atom. The first kappa shape index (κ1) is 11.2. The number of nitrogens with zero attached hydrogens (tertiary/aromatic N) is 2. The van der Waals surface area contributed by atoms with E-state index in [0.717, 1.165) is 21.8 Å². The molecule has 0 unspecified atom stereocenters. The fourth-order valence-corrected chi connectivity index (χ4v) is 2.04. The largest absolute Gasteiger partial charge is 0.364 e. The molecular formula is C10H7N3O3S. The van der Waals surface area contributed by atoms with E-state index in [0.29, 0.717) is 0 Å². The highest BCUT2D eigenvalue weighted by Crippen LogP contribution is 2.27. The van der Waals surface area contributed by atoms with Gasteiger partial charge in [-0.25, -0.2) is 4.98 Å². The number of aromatic nitrogens is 1. The number of carbonyl (C=O) groups is 1. The molecule has 0 radical (unpaired) electrons. The van der Waals surface area contributed by atoms with Gasteiger partial charge in [0.15, 0.2) is 5.01 Å². The second-order valence-corrected chi connectivity index (χ2v) is 4.23. The maximum atomic E-state index is 10.9. The van der Waals surface area contributed by atoms with Crippen molar-refractivity contribution in [3.63, 3.8) is 0 Å². The summed E-state index contributed by atoms with van der Waals surface area (Å²) in [5.41, 5.74) is 5.87. The maximum Gasteiger partial charge on any atom is 0.277 e. The summed E-state index contributed by atoms with van der Waals surface area (Å²) in [6, 6.07) is 6.02. The SMILES string of the molecule is NC(=O)c1ncc(-c2ccc([N+](=O)[O-])cc2)s1. The molecular weight excluding hydrogens is 242 g/mol. The minimum atomic E-state index is -0.580. The van der Waals surface area contributed by atoms with Crippen molar-refractivity contribution in [1.29, 1.82) is 0 Å². The van der Waals surface area contributed by atoms with Gasteiger partial charge >= 0.3 is 0 Å². The number of non-ortho nitro benzene ring substituents is 1. The Morgan fingerprint density at radius 2 is 2.00 bits per heavy atom. The summed E-state index contributed by atoms with van der Waals surface area (Å²) < 4.78 is 0. The first-order valence-corrected chi connectivity index (χ1v) is 5.40. The van der Waals surface area contributed by atoms with Crippen LogP contribution in [0.2, 0.25) is 0 Å². The zero-order valence-electron chi connectivity index (χ0n) is 8.49. The van der Waals surface area contributed by atoms with Crippen LogP contribution in [0.5, 0.6) is 0 Å². The van der Waals surface area contributed by atoms with E-state index >= 15 is 0 Å². The molecule has 0 spiro atoms. The number of thiazole rings is 1. The number of nitrogens with two attached hydrogens (primary N) is 1. The van der Waals surface area contributed by atoms with E-state index in [1.54, 1.807) is 12.1 Å². The van der Waals surface area contributed by atoms with E-state index in [4.69, 9.17) is 5.73 Å². The number of benzene rings is 1. The van der Waals surface area contributed by atoms with Crippen LogP contribution in [0.4, 0.5) is 5.69 Å². The highest BCUT2D eigenvalue weighted by Gasteiger charge is 2.10. The van der Waals surface area contributed by atoms with Crippen LogP contribution in [0.15, 0.2) is 30.5 Å². The fraction of sp³-hybridized carbons (Fsp3) is 0. The lowest BCUT2D eigenvalue weighted by Crippen LogP contribution is -2.09. The Hall–Kier alpha value is -2.28. The summed E-state index contributed by atoms with van der Waals surface area (Å²) >= 11 is 1.15. The summed E-state index contributed by atoms with van der Waals surface area (Å²) in [5, 5.41) is 10.7. The monoisotopic (exact) mass is 249 g/mol. The first-order valence-electron chi connectivity index (χ1n) is 4.58.